The van der Waals surface area contributed by atoms with Crippen LogP contribution in [-0.4, -0.2) is 28.7 Å². The van der Waals surface area contributed by atoms with Crippen molar-refractivity contribution in [2.75, 3.05) is 13.1 Å². The Morgan fingerprint density at radius 1 is 1.11 bits per heavy atom. The first-order chi connectivity index (χ1) is 8.70. The minimum Gasteiger partial charge on any atom is -0.387 e. The van der Waals surface area contributed by atoms with E-state index in [1.165, 1.54) is 16.3 Å². The molecule has 0 aliphatic carbocycles. The summed E-state index contributed by atoms with van der Waals surface area (Å²) >= 11 is 0. The van der Waals surface area contributed by atoms with Gasteiger partial charge in [-0.05, 0) is 22.8 Å². The van der Waals surface area contributed by atoms with Gasteiger partial charge in [0.25, 0.3) is 0 Å². The van der Waals surface area contributed by atoms with E-state index in [9.17, 15) is 5.11 Å². The summed E-state index contributed by atoms with van der Waals surface area (Å²) in [6.45, 7) is 4.58. The lowest BCUT2D eigenvalue weighted by molar-refractivity contribution is -0.103. The lowest BCUT2D eigenvalue weighted by Gasteiger charge is -2.46. The molecule has 1 aliphatic rings. The Morgan fingerprint density at radius 2 is 1.83 bits per heavy atom. The van der Waals surface area contributed by atoms with Crippen molar-refractivity contribution in [3.05, 3.63) is 48.0 Å². The summed E-state index contributed by atoms with van der Waals surface area (Å²) < 4.78 is 0. The molecular weight excluding hydrogens is 222 g/mol. The third-order valence-electron chi connectivity index (χ3n) is 3.97. The Kier molecular flexibility index (Phi) is 2.84. The molecule has 0 atom stereocenters. The molecule has 1 fully saturated rings. The molecule has 1 heterocycles. The van der Waals surface area contributed by atoms with Crippen LogP contribution in [-0.2, 0) is 6.54 Å². The van der Waals surface area contributed by atoms with Crippen molar-refractivity contribution in [3.63, 3.8) is 0 Å². The molecule has 0 aromatic heterocycles. The fraction of sp³-hybridized carbons (Fsp3) is 0.375. The summed E-state index contributed by atoms with van der Waals surface area (Å²) in [5.41, 5.74) is 0.913. The van der Waals surface area contributed by atoms with Crippen molar-refractivity contribution < 1.29 is 5.11 Å². The molecule has 2 heteroatoms. The van der Waals surface area contributed by atoms with Crippen LogP contribution in [0.1, 0.15) is 18.9 Å². The number of nitrogens with zero attached hydrogens (tertiary/aromatic N) is 1. The minimum atomic E-state index is -0.440. The second-order valence-electron chi connectivity index (χ2n) is 5.36. The molecule has 3 rings (SSSR count). The molecule has 18 heavy (non-hydrogen) atoms. The van der Waals surface area contributed by atoms with Crippen LogP contribution in [0.4, 0.5) is 0 Å². The van der Waals surface area contributed by atoms with E-state index in [-0.39, 0.29) is 0 Å². The molecule has 0 radical (unpaired) electrons. The normalized spacial score (nSPS) is 18.8. The molecule has 2 nitrogen and oxygen atoms in total. The number of fused-ring (bicyclic) bond motifs is 1. The second kappa shape index (κ2) is 4.38. The summed E-state index contributed by atoms with van der Waals surface area (Å²) in [6.07, 6.45) is 0.846. The lowest BCUT2D eigenvalue weighted by atomic mass is 9.90. The molecule has 0 spiro atoms. The van der Waals surface area contributed by atoms with E-state index in [0.29, 0.717) is 0 Å². The number of β-amino-alcohol motifs (C(OH)–C–C–N with tert-alkyl or cyclic N) is 1. The molecule has 0 amide bonds. The van der Waals surface area contributed by atoms with Crippen LogP contribution in [0.5, 0.6) is 0 Å². The van der Waals surface area contributed by atoms with E-state index < -0.39 is 5.60 Å². The average Bonchev–Trinajstić information content (AvgIpc) is 2.37. The SMILES string of the molecule is CCC1(O)CN(Cc2cccc3ccccc23)C1. The van der Waals surface area contributed by atoms with E-state index in [1.54, 1.807) is 0 Å². The molecular formula is C16H19NO. The zero-order chi connectivity index (χ0) is 12.6. The number of hydrogen-bond acceptors (Lipinski definition) is 2. The Labute approximate surface area is 108 Å². The molecule has 1 N–H and O–H groups in total. The highest BCUT2D eigenvalue weighted by molar-refractivity contribution is 5.85. The number of hydrogen-bond donors (Lipinski definition) is 1. The van der Waals surface area contributed by atoms with Gasteiger partial charge in [0, 0.05) is 19.6 Å². The first-order valence-corrected chi connectivity index (χ1v) is 6.61. The predicted octanol–water partition coefficient (Wildman–Crippen LogP) is 2.80. The molecule has 94 valence electrons. The maximum absolute atomic E-state index is 10.0. The topological polar surface area (TPSA) is 23.5 Å². The lowest BCUT2D eigenvalue weighted by Crippen LogP contribution is -2.60. The number of aliphatic hydroxyl groups is 1. The fourth-order valence-electron chi connectivity index (χ4n) is 2.79. The quantitative estimate of drug-likeness (QED) is 0.893. The van der Waals surface area contributed by atoms with E-state index in [2.05, 4.69) is 54.3 Å². The molecule has 1 saturated heterocycles. The minimum absolute atomic E-state index is 0.440. The van der Waals surface area contributed by atoms with Crippen molar-refractivity contribution in [1.29, 1.82) is 0 Å². The van der Waals surface area contributed by atoms with Crippen LogP contribution in [0, 0.1) is 0 Å². The second-order valence-corrected chi connectivity index (χ2v) is 5.36. The van der Waals surface area contributed by atoms with Crippen molar-refractivity contribution in [2.45, 2.75) is 25.5 Å². The molecule has 0 saturated carbocycles. The van der Waals surface area contributed by atoms with Gasteiger partial charge in [-0.2, -0.15) is 0 Å². The van der Waals surface area contributed by atoms with Gasteiger partial charge in [-0.3, -0.25) is 4.90 Å². The van der Waals surface area contributed by atoms with Gasteiger partial charge in [-0.25, -0.2) is 0 Å². The monoisotopic (exact) mass is 241 g/mol. The Balaban J connectivity index is 1.80. The molecule has 0 unspecified atom stereocenters. The predicted molar refractivity (Wildman–Crippen MR) is 74.5 cm³/mol. The first kappa shape index (κ1) is 11.7. The number of benzene rings is 2. The van der Waals surface area contributed by atoms with Gasteiger partial charge in [0.15, 0.2) is 0 Å². The molecule has 2 aromatic carbocycles. The first-order valence-electron chi connectivity index (χ1n) is 6.61. The zero-order valence-corrected chi connectivity index (χ0v) is 10.8. The Hall–Kier alpha value is -1.38. The summed E-state index contributed by atoms with van der Waals surface area (Å²) in [7, 11) is 0. The maximum Gasteiger partial charge on any atom is 0.0897 e. The third-order valence-corrected chi connectivity index (χ3v) is 3.97. The van der Waals surface area contributed by atoms with Gasteiger partial charge in [-0.1, -0.05) is 49.4 Å². The average molecular weight is 241 g/mol. The molecule has 1 aliphatic heterocycles. The number of rotatable bonds is 3. The Bertz CT molecular complexity index is 553. The number of likely N-dealkylation sites (tertiary alicyclic amines) is 1. The highest BCUT2D eigenvalue weighted by Gasteiger charge is 2.39. The highest BCUT2D eigenvalue weighted by atomic mass is 16.3. The van der Waals surface area contributed by atoms with Crippen LogP contribution >= 0.6 is 0 Å². The smallest absolute Gasteiger partial charge is 0.0897 e. The van der Waals surface area contributed by atoms with Gasteiger partial charge in [0.2, 0.25) is 0 Å². The largest absolute Gasteiger partial charge is 0.387 e. The molecule has 2 aromatic rings. The fourth-order valence-corrected chi connectivity index (χ4v) is 2.79. The van der Waals surface area contributed by atoms with Gasteiger partial charge >= 0.3 is 0 Å². The standard InChI is InChI=1S/C16H19NO/c1-2-16(18)11-17(12-16)10-14-8-5-7-13-6-3-4-9-15(13)14/h3-9,18H,2,10-12H2,1H3. The van der Waals surface area contributed by atoms with Crippen molar-refractivity contribution in [1.82, 2.24) is 4.90 Å². The summed E-state index contributed by atoms with van der Waals surface area (Å²) in [4.78, 5) is 2.31. The van der Waals surface area contributed by atoms with E-state index in [0.717, 1.165) is 26.1 Å². The van der Waals surface area contributed by atoms with Crippen LogP contribution in [0.15, 0.2) is 42.5 Å². The summed E-state index contributed by atoms with van der Waals surface area (Å²) in [5, 5.41) is 12.7. The maximum atomic E-state index is 10.0. The van der Waals surface area contributed by atoms with Crippen LogP contribution in [0.2, 0.25) is 0 Å². The van der Waals surface area contributed by atoms with Crippen molar-refractivity contribution in [3.8, 4) is 0 Å². The summed E-state index contributed by atoms with van der Waals surface area (Å²) in [6, 6.07) is 14.9. The summed E-state index contributed by atoms with van der Waals surface area (Å²) in [5.74, 6) is 0. The van der Waals surface area contributed by atoms with Crippen LogP contribution in [0.25, 0.3) is 10.8 Å². The van der Waals surface area contributed by atoms with Crippen LogP contribution < -0.4 is 0 Å². The van der Waals surface area contributed by atoms with Crippen molar-refractivity contribution >= 4 is 10.8 Å². The zero-order valence-electron chi connectivity index (χ0n) is 10.8. The van der Waals surface area contributed by atoms with Crippen molar-refractivity contribution in [2.24, 2.45) is 0 Å². The van der Waals surface area contributed by atoms with Gasteiger partial charge in [0.1, 0.15) is 0 Å². The van der Waals surface area contributed by atoms with Crippen LogP contribution in [0.3, 0.4) is 0 Å². The molecule has 0 bridgehead atoms. The highest BCUT2D eigenvalue weighted by Crippen LogP contribution is 2.27. The third kappa shape index (κ3) is 2.02. The van der Waals surface area contributed by atoms with E-state index in [1.807, 2.05) is 0 Å². The van der Waals surface area contributed by atoms with Gasteiger partial charge in [-0.15, -0.1) is 0 Å². The van der Waals surface area contributed by atoms with Gasteiger partial charge in [0.05, 0.1) is 5.60 Å². The van der Waals surface area contributed by atoms with Gasteiger partial charge < -0.3 is 5.11 Å². The van der Waals surface area contributed by atoms with E-state index in [4.69, 9.17) is 0 Å². The van der Waals surface area contributed by atoms with E-state index >= 15 is 0 Å². The Morgan fingerprint density at radius 3 is 2.61 bits per heavy atom.